The molecule has 1 atom stereocenters. The fourth-order valence-electron chi connectivity index (χ4n) is 3.26. The van der Waals surface area contributed by atoms with Gasteiger partial charge in [0, 0.05) is 30.9 Å². The molecule has 1 fully saturated rings. The minimum Gasteiger partial charge on any atom is -0.487 e. The zero-order valence-electron chi connectivity index (χ0n) is 12.0. The van der Waals surface area contributed by atoms with Crippen molar-refractivity contribution < 1.29 is 13.2 Å². The predicted octanol–water partition coefficient (Wildman–Crippen LogP) is 1.99. The molecular formula is C15H21NO3S. The number of rotatable bonds is 1. The Hall–Kier alpha value is -1.07. The summed E-state index contributed by atoms with van der Waals surface area (Å²) in [5.74, 6) is 1.38. The molecule has 0 amide bonds. The first kappa shape index (κ1) is 13.9. The number of hydrogen-bond donors (Lipinski definition) is 1. The number of aryl methyl sites for hydroxylation is 1. The number of ether oxygens (including phenoxy) is 1. The Labute approximate surface area is 120 Å². The van der Waals surface area contributed by atoms with Crippen LogP contribution in [0.5, 0.6) is 5.75 Å². The van der Waals surface area contributed by atoms with Crippen LogP contribution in [-0.4, -0.2) is 32.6 Å². The maximum atomic E-state index is 11.6. The largest absolute Gasteiger partial charge is 0.487 e. The summed E-state index contributed by atoms with van der Waals surface area (Å²) in [6, 6.07) is 6.45. The first-order valence-electron chi connectivity index (χ1n) is 7.10. The number of fused-ring (bicyclic) bond motifs is 1. The zero-order chi connectivity index (χ0) is 14.4. The van der Waals surface area contributed by atoms with E-state index in [-0.39, 0.29) is 23.1 Å². The van der Waals surface area contributed by atoms with E-state index in [9.17, 15) is 8.42 Å². The quantitative estimate of drug-likeness (QED) is 0.861. The average Bonchev–Trinajstić information content (AvgIpc) is 2.42. The number of hydrogen-bond acceptors (Lipinski definition) is 4. The lowest BCUT2D eigenvalue weighted by Crippen LogP contribution is -2.49. The van der Waals surface area contributed by atoms with Gasteiger partial charge < -0.3 is 10.1 Å². The van der Waals surface area contributed by atoms with Crippen LogP contribution < -0.4 is 10.1 Å². The van der Waals surface area contributed by atoms with E-state index in [0.717, 1.165) is 12.2 Å². The highest BCUT2D eigenvalue weighted by Gasteiger charge is 2.44. The lowest BCUT2D eigenvalue weighted by Gasteiger charge is -2.44. The summed E-state index contributed by atoms with van der Waals surface area (Å²) >= 11 is 0. The molecule has 1 aromatic carbocycles. The Morgan fingerprint density at radius 1 is 1.30 bits per heavy atom. The minimum absolute atomic E-state index is 0.236. The van der Waals surface area contributed by atoms with Crippen LogP contribution in [0.15, 0.2) is 18.2 Å². The van der Waals surface area contributed by atoms with E-state index in [0.29, 0.717) is 12.8 Å². The van der Waals surface area contributed by atoms with Crippen molar-refractivity contribution in [1.29, 1.82) is 0 Å². The standard InChI is InChI=1S/C15H21NO3S/c1-11-3-4-14-12(9-11)13(16-2)10-15(19-14)5-7-20(17,18)8-6-15/h3-4,9,13,16H,5-8,10H2,1-2H3. The third kappa shape index (κ3) is 2.44. The van der Waals surface area contributed by atoms with Crippen molar-refractivity contribution in [3.05, 3.63) is 29.3 Å². The summed E-state index contributed by atoms with van der Waals surface area (Å²) in [6.45, 7) is 2.07. The Kier molecular flexibility index (Phi) is 3.29. The van der Waals surface area contributed by atoms with E-state index < -0.39 is 9.84 Å². The number of nitrogens with one attached hydrogen (secondary N) is 1. The molecule has 0 aromatic heterocycles. The van der Waals surface area contributed by atoms with Crippen molar-refractivity contribution >= 4 is 9.84 Å². The Morgan fingerprint density at radius 3 is 2.65 bits per heavy atom. The van der Waals surface area contributed by atoms with Crippen molar-refractivity contribution in [3.8, 4) is 5.75 Å². The van der Waals surface area contributed by atoms with Crippen molar-refractivity contribution in [1.82, 2.24) is 5.32 Å². The lowest BCUT2D eigenvalue weighted by molar-refractivity contribution is 0.0221. The molecule has 2 heterocycles. The molecule has 0 bridgehead atoms. The Bertz CT molecular complexity index is 610. The van der Waals surface area contributed by atoms with Gasteiger partial charge in [-0.05, 0) is 20.0 Å². The maximum absolute atomic E-state index is 11.6. The highest BCUT2D eigenvalue weighted by molar-refractivity contribution is 7.91. The van der Waals surface area contributed by atoms with Gasteiger partial charge in [-0.3, -0.25) is 0 Å². The van der Waals surface area contributed by atoms with Gasteiger partial charge in [-0.15, -0.1) is 0 Å². The average molecular weight is 295 g/mol. The summed E-state index contributed by atoms with van der Waals surface area (Å²) < 4.78 is 29.5. The van der Waals surface area contributed by atoms with E-state index in [4.69, 9.17) is 4.74 Å². The summed E-state index contributed by atoms with van der Waals surface area (Å²) in [7, 11) is -0.913. The molecule has 1 saturated heterocycles. The van der Waals surface area contributed by atoms with E-state index in [1.165, 1.54) is 11.1 Å². The Morgan fingerprint density at radius 2 is 2.00 bits per heavy atom. The second kappa shape index (κ2) is 4.74. The monoisotopic (exact) mass is 295 g/mol. The molecule has 5 heteroatoms. The maximum Gasteiger partial charge on any atom is 0.150 e. The molecule has 0 aliphatic carbocycles. The van der Waals surface area contributed by atoms with Crippen LogP contribution in [-0.2, 0) is 9.84 Å². The highest BCUT2D eigenvalue weighted by Crippen LogP contribution is 2.44. The summed E-state index contributed by atoms with van der Waals surface area (Å²) in [5.41, 5.74) is 2.09. The van der Waals surface area contributed by atoms with Gasteiger partial charge in [0.25, 0.3) is 0 Å². The van der Waals surface area contributed by atoms with Gasteiger partial charge in [0.2, 0.25) is 0 Å². The molecule has 110 valence electrons. The predicted molar refractivity (Wildman–Crippen MR) is 78.8 cm³/mol. The first-order chi connectivity index (χ1) is 9.43. The molecule has 2 aliphatic rings. The molecule has 0 saturated carbocycles. The molecule has 2 aliphatic heterocycles. The molecule has 1 unspecified atom stereocenters. The second-order valence-electron chi connectivity index (χ2n) is 6.02. The minimum atomic E-state index is -2.87. The highest BCUT2D eigenvalue weighted by atomic mass is 32.2. The number of benzene rings is 1. The molecule has 0 radical (unpaired) electrons. The van der Waals surface area contributed by atoms with Crippen LogP contribution >= 0.6 is 0 Å². The van der Waals surface area contributed by atoms with E-state index in [1.807, 2.05) is 19.2 Å². The van der Waals surface area contributed by atoms with Gasteiger partial charge in [0.1, 0.15) is 11.4 Å². The van der Waals surface area contributed by atoms with Gasteiger partial charge in [0.15, 0.2) is 9.84 Å². The molecule has 4 nitrogen and oxygen atoms in total. The third-order valence-corrected chi connectivity index (χ3v) is 6.18. The van der Waals surface area contributed by atoms with Gasteiger partial charge >= 0.3 is 0 Å². The van der Waals surface area contributed by atoms with Crippen LogP contribution in [0.4, 0.5) is 0 Å². The second-order valence-corrected chi connectivity index (χ2v) is 8.33. The van der Waals surface area contributed by atoms with Gasteiger partial charge in [0.05, 0.1) is 11.5 Å². The summed E-state index contributed by atoms with van der Waals surface area (Å²) in [5, 5.41) is 3.35. The third-order valence-electron chi connectivity index (χ3n) is 4.53. The Balaban J connectivity index is 1.93. The summed E-state index contributed by atoms with van der Waals surface area (Å²) in [4.78, 5) is 0. The molecule has 1 N–H and O–H groups in total. The summed E-state index contributed by atoms with van der Waals surface area (Å²) in [6.07, 6.45) is 2.04. The van der Waals surface area contributed by atoms with Crippen LogP contribution in [0.25, 0.3) is 0 Å². The first-order valence-corrected chi connectivity index (χ1v) is 8.92. The van der Waals surface area contributed by atoms with E-state index in [1.54, 1.807) is 0 Å². The van der Waals surface area contributed by atoms with E-state index in [2.05, 4.69) is 18.3 Å². The smallest absolute Gasteiger partial charge is 0.150 e. The molecule has 1 aromatic rings. The van der Waals surface area contributed by atoms with Crippen molar-refractivity contribution in [2.75, 3.05) is 18.6 Å². The number of sulfone groups is 1. The molecule has 1 spiro atoms. The van der Waals surface area contributed by atoms with Crippen molar-refractivity contribution in [3.63, 3.8) is 0 Å². The molecule has 20 heavy (non-hydrogen) atoms. The SMILES string of the molecule is CNC1CC2(CCS(=O)(=O)CC2)Oc2ccc(C)cc21. The van der Waals surface area contributed by atoms with E-state index >= 15 is 0 Å². The fourth-order valence-corrected chi connectivity index (χ4v) is 4.83. The topological polar surface area (TPSA) is 55.4 Å². The van der Waals surface area contributed by atoms with Crippen LogP contribution in [0, 0.1) is 6.92 Å². The molecule has 3 rings (SSSR count). The van der Waals surface area contributed by atoms with Crippen LogP contribution in [0.3, 0.4) is 0 Å². The lowest BCUT2D eigenvalue weighted by atomic mass is 9.83. The zero-order valence-corrected chi connectivity index (χ0v) is 12.8. The van der Waals surface area contributed by atoms with Crippen molar-refractivity contribution in [2.24, 2.45) is 0 Å². The normalized spacial score (nSPS) is 26.8. The van der Waals surface area contributed by atoms with Gasteiger partial charge in [-0.1, -0.05) is 17.7 Å². The fraction of sp³-hybridized carbons (Fsp3) is 0.600. The van der Waals surface area contributed by atoms with Crippen LogP contribution in [0.1, 0.15) is 36.4 Å². The van der Waals surface area contributed by atoms with Gasteiger partial charge in [-0.25, -0.2) is 8.42 Å². The van der Waals surface area contributed by atoms with Gasteiger partial charge in [-0.2, -0.15) is 0 Å². The molecular weight excluding hydrogens is 274 g/mol. The van der Waals surface area contributed by atoms with Crippen LogP contribution in [0.2, 0.25) is 0 Å². The van der Waals surface area contributed by atoms with Crippen molar-refractivity contribution in [2.45, 2.75) is 37.8 Å².